The number of ether oxygens (including phenoxy) is 1. The molecule has 0 bridgehead atoms. The Hall–Kier alpha value is -0.450. The van der Waals surface area contributed by atoms with Crippen LogP contribution < -0.4 is 5.73 Å². The zero-order valence-corrected chi connectivity index (χ0v) is 11.2. The molecule has 0 aromatic carbocycles. The highest BCUT2D eigenvalue weighted by atomic mass is 32.1. The van der Waals surface area contributed by atoms with Crippen molar-refractivity contribution in [2.24, 2.45) is 5.73 Å². The zero-order chi connectivity index (χ0) is 11.9. The molecule has 0 radical (unpaired) electrons. The van der Waals surface area contributed by atoms with Crippen LogP contribution in [0.2, 0.25) is 0 Å². The van der Waals surface area contributed by atoms with Gasteiger partial charge in [-0.05, 0) is 32.6 Å². The maximum absolute atomic E-state index is 5.89. The van der Waals surface area contributed by atoms with Gasteiger partial charge in [-0.25, -0.2) is 4.98 Å². The number of rotatable bonds is 3. The lowest BCUT2D eigenvalue weighted by Crippen LogP contribution is -2.20. The maximum Gasteiger partial charge on any atom is 0.101 e. The van der Waals surface area contributed by atoms with Gasteiger partial charge in [0.05, 0.1) is 5.69 Å². The minimum absolute atomic E-state index is 0.249. The van der Waals surface area contributed by atoms with Crippen LogP contribution in [0.25, 0.3) is 0 Å². The third-order valence-electron chi connectivity index (χ3n) is 4.14. The summed E-state index contributed by atoms with van der Waals surface area (Å²) in [7, 11) is 0. The Morgan fingerprint density at radius 1 is 1.41 bits per heavy atom. The summed E-state index contributed by atoms with van der Waals surface area (Å²) in [6, 6.07) is 0. The molecule has 1 aromatic rings. The predicted molar refractivity (Wildman–Crippen MR) is 69.6 cm³/mol. The van der Waals surface area contributed by atoms with Crippen molar-refractivity contribution < 1.29 is 4.74 Å². The smallest absolute Gasteiger partial charge is 0.101 e. The average molecular weight is 252 g/mol. The first kappa shape index (κ1) is 11.6. The van der Waals surface area contributed by atoms with E-state index in [-0.39, 0.29) is 5.41 Å². The van der Waals surface area contributed by atoms with Gasteiger partial charge in [0.15, 0.2) is 0 Å². The first-order valence-electron chi connectivity index (χ1n) is 6.51. The average Bonchev–Trinajstić information content (AvgIpc) is 3.08. The Bertz CT molecular complexity index is 406. The molecule has 1 saturated heterocycles. The lowest BCUT2D eigenvalue weighted by Gasteiger charge is -2.21. The largest absolute Gasteiger partial charge is 0.381 e. The van der Waals surface area contributed by atoms with Gasteiger partial charge in [-0.2, -0.15) is 0 Å². The zero-order valence-electron chi connectivity index (χ0n) is 10.4. The second-order valence-corrected chi connectivity index (χ2v) is 6.53. The van der Waals surface area contributed by atoms with Crippen LogP contribution in [0.1, 0.15) is 47.2 Å². The molecule has 2 aliphatic rings. The number of thiazole rings is 1. The van der Waals surface area contributed by atoms with Crippen LogP contribution in [-0.4, -0.2) is 24.7 Å². The molecule has 1 aliphatic carbocycles. The first-order valence-corrected chi connectivity index (χ1v) is 7.32. The minimum atomic E-state index is 0.249. The van der Waals surface area contributed by atoms with E-state index in [1.54, 1.807) is 0 Å². The van der Waals surface area contributed by atoms with Crippen LogP contribution in [0, 0.1) is 6.92 Å². The van der Waals surface area contributed by atoms with Crippen LogP contribution in [0.5, 0.6) is 0 Å². The van der Waals surface area contributed by atoms with E-state index in [4.69, 9.17) is 15.5 Å². The van der Waals surface area contributed by atoms with E-state index >= 15 is 0 Å². The van der Waals surface area contributed by atoms with Gasteiger partial charge in [0.25, 0.3) is 0 Å². The van der Waals surface area contributed by atoms with Crippen LogP contribution >= 0.6 is 11.3 Å². The van der Waals surface area contributed by atoms with Crippen molar-refractivity contribution in [3.8, 4) is 0 Å². The molecule has 1 aliphatic heterocycles. The quantitative estimate of drug-likeness (QED) is 0.898. The molecule has 3 rings (SSSR count). The maximum atomic E-state index is 5.89. The highest BCUT2D eigenvalue weighted by Crippen LogP contribution is 2.49. The predicted octanol–water partition coefficient (Wildman–Crippen LogP) is 2.34. The van der Waals surface area contributed by atoms with Crippen molar-refractivity contribution in [2.45, 2.75) is 43.9 Å². The summed E-state index contributed by atoms with van der Waals surface area (Å²) >= 11 is 1.87. The number of nitrogens with zero attached hydrogens (tertiary/aromatic N) is 1. The fourth-order valence-corrected chi connectivity index (χ4v) is 3.90. The van der Waals surface area contributed by atoms with E-state index in [1.807, 2.05) is 11.3 Å². The van der Waals surface area contributed by atoms with Gasteiger partial charge < -0.3 is 10.5 Å². The Labute approximate surface area is 106 Å². The Kier molecular flexibility index (Phi) is 2.97. The molecular weight excluding hydrogens is 232 g/mol. The molecule has 0 amide bonds. The van der Waals surface area contributed by atoms with E-state index in [0.717, 1.165) is 32.6 Å². The van der Waals surface area contributed by atoms with Crippen LogP contribution in [0.4, 0.5) is 0 Å². The molecule has 1 saturated carbocycles. The summed E-state index contributed by atoms with van der Waals surface area (Å²) in [6.45, 7) is 4.74. The monoisotopic (exact) mass is 252 g/mol. The van der Waals surface area contributed by atoms with Crippen molar-refractivity contribution in [3.63, 3.8) is 0 Å². The van der Waals surface area contributed by atoms with E-state index in [1.165, 1.54) is 28.4 Å². The fourth-order valence-electron chi connectivity index (χ4n) is 2.64. The molecule has 2 heterocycles. The molecule has 2 N–H and O–H groups in total. The van der Waals surface area contributed by atoms with E-state index < -0.39 is 0 Å². The van der Waals surface area contributed by atoms with E-state index in [2.05, 4.69) is 6.92 Å². The summed E-state index contributed by atoms with van der Waals surface area (Å²) in [5.74, 6) is 0.613. The molecular formula is C13H20N2OS. The van der Waals surface area contributed by atoms with Crippen LogP contribution in [0.15, 0.2) is 0 Å². The molecule has 0 unspecified atom stereocenters. The Morgan fingerprint density at radius 3 is 2.71 bits per heavy atom. The first-order chi connectivity index (χ1) is 8.25. The Morgan fingerprint density at radius 2 is 2.12 bits per heavy atom. The van der Waals surface area contributed by atoms with E-state index in [0.29, 0.717) is 5.92 Å². The number of nitrogens with two attached hydrogens (primary N) is 1. The second kappa shape index (κ2) is 4.34. The van der Waals surface area contributed by atoms with Crippen molar-refractivity contribution in [1.82, 2.24) is 4.98 Å². The summed E-state index contributed by atoms with van der Waals surface area (Å²) in [6.07, 6.45) is 4.70. The third kappa shape index (κ3) is 2.02. The van der Waals surface area contributed by atoms with Crippen molar-refractivity contribution in [1.29, 1.82) is 0 Å². The van der Waals surface area contributed by atoms with Gasteiger partial charge in [0.1, 0.15) is 5.01 Å². The van der Waals surface area contributed by atoms with Gasteiger partial charge in [0, 0.05) is 36.0 Å². The molecule has 0 atom stereocenters. The molecule has 2 fully saturated rings. The summed E-state index contributed by atoms with van der Waals surface area (Å²) in [4.78, 5) is 6.32. The van der Waals surface area contributed by atoms with Crippen LogP contribution in [-0.2, 0) is 10.2 Å². The molecule has 17 heavy (non-hydrogen) atoms. The van der Waals surface area contributed by atoms with Crippen molar-refractivity contribution in [3.05, 3.63) is 15.6 Å². The van der Waals surface area contributed by atoms with Gasteiger partial charge in [-0.15, -0.1) is 11.3 Å². The van der Waals surface area contributed by atoms with Gasteiger partial charge in [-0.1, -0.05) is 0 Å². The fraction of sp³-hybridized carbons (Fsp3) is 0.769. The molecule has 3 nitrogen and oxygen atoms in total. The normalized spacial score (nSPS) is 23.9. The lowest BCUT2D eigenvalue weighted by atomic mass is 9.96. The standard InChI is InChI=1S/C13H20N2OS/c1-9-11(10-2-6-16-7-3-10)15-12(17-9)13(8-14)4-5-13/h10H,2-8,14H2,1H3. The summed E-state index contributed by atoms with van der Waals surface area (Å²) in [5.41, 5.74) is 7.46. The molecule has 0 spiro atoms. The van der Waals surface area contributed by atoms with E-state index in [9.17, 15) is 0 Å². The highest BCUT2D eigenvalue weighted by Gasteiger charge is 2.46. The minimum Gasteiger partial charge on any atom is -0.381 e. The lowest BCUT2D eigenvalue weighted by molar-refractivity contribution is 0.0845. The summed E-state index contributed by atoms with van der Waals surface area (Å²) in [5, 5.41) is 1.29. The number of hydrogen-bond acceptors (Lipinski definition) is 4. The van der Waals surface area contributed by atoms with Gasteiger partial charge in [0.2, 0.25) is 0 Å². The molecule has 94 valence electrons. The van der Waals surface area contributed by atoms with Gasteiger partial charge >= 0.3 is 0 Å². The Balaban J connectivity index is 1.85. The molecule has 1 aromatic heterocycles. The van der Waals surface area contributed by atoms with Crippen molar-refractivity contribution in [2.75, 3.05) is 19.8 Å². The SMILES string of the molecule is Cc1sc(C2(CN)CC2)nc1C1CCOCC1. The van der Waals surface area contributed by atoms with Crippen LogP contribution in [0.3, 0.4) is 0 Å². The number of hydrogen-bond donors (Lipinski definition) is 1. The number of aromatic nitrogens is 1. The second-order valence-electron chi connectivity index (χ2n) is 5.33. The topological polar surface area (TPSA) is 48.1 Å². The number of aryl methyl sites for hydroxylation is 1. The molecule has 4 heteroatoms. The third-order valence-corrected chi connectivity index (χ3v) is 5.37. The van der Waals surface area contributed by atoms with Crippen molar-refractivity contribution >= 4 is 11.3 Å². The van der Waals surface area contributed by atoms with Gasteiger partial charge in [-0.3, -0.25) is 0 Å². The summed E-state index contributed by atoms with van der Waals surface area (Å²) < 4.78 is 5.42. The highest BCUT2D eigenvalue weighted by molar-refractivity contribution is 7.11.